The Balaban J connectivity index is 2.55. The molecule has 0 aliphatic rings. The molecule has 94 valence electrons. The molecular weight excluding hydrogens is 258 g/mol. The molecule has 1 aromatic rings. The van der Waals surface area contributed by atoms with Crippen LogP contribution in [0.1, 0.15) is 12.0 Å². The number of thiocarbonyl (C=S) groups is 1. The standard InChI is InChI=1S/C10H15N3O2S2/c1-17(14,15)7-3-6-13-10-8(9(11)16)4-2-5-12-10/h2,4-5H,3,6-7H2,1H3,(H2,11,16)(H,12,13). The lowest BCUT2D eigenvalue weighted by Gasteiger charge is -2.09. The third-order valence-corrected chi connectivity index (χ3v) is 3.31. The highest BCUT2D eigenvalue weighted by molar-refractivity contribution is 7.90. The van der Waals surface area contributed by atoms with Gasteiger partial charge >= 0.3 is 0 Å². The smallest absolute Gasteiger partial charge is 0.147 e. The van der Waals surface area contributed by atoms with Crippen molar-refractivity contribution < 1.29 is 8.42 Å². The van der Waals surface area contributed by atoms with E-state index in [1.54, 1.807) is 18.3 Å². The van der Waals surface area contributed by atoms with Gasteiger partial charge < -0.3 is 11.1 Å². The van der Waals surface area contributed by atoms with E-state index in [4.69, 9.17) is 18.0 Å². The third-order valence-electron chi connectivity index (χ3n) is 2.06. The van der Waals surface area contributed by atoms with Crippen molar-refractivity contribution in [1.29, 1.82) is 0 Å². The number of hydrogen-bond donors (Lipinski definition) is 2. The maximum atomic E-state index is 10.9. The zero-order valence-electron chi connectivity index (χ0n) is 9.51. The van der Waals surface area contributed by atoms with Gasteiger partial charge in [0.25, 0.3) is 0 Å². The average Bonchev–Trinajstić information content (AvgIpc) is 2.23. The van der Waals surface area contributed by atoms with Crippen molar-refractivity contribution in [3.8, 4) is 0 Å². The lowest BCUT2D eigenvalue weighted by atomic mass is 10.2. The van der Waals surface area contributed by atoms with Crippen molar-refractivity contribution in [1.82, 2.24) is 4.98 Å². The van der Waals surface area contributed by atoms with Gasteiger partial charge in [0.15, 0.2) is 0 Å². The van der Waals surface area contributed by atoms with Crippen molar-refractivity contribution in [3.63, 3.8) is 0 Å². The van der Waals surface area contributed by atoms with E-state index >= 15 is 0 Å². The molecule has 0 bridgehead atoms. The molecule has 1 aromatic heterocycles. The van der Waals surface area contributed by atoms with Crippen molar-refractivity contribution >= 4 is 32.9 Å². The fourth-order valence-corrected chi connectivity index (χ4v) is 2.12. The van der Waals surface area contributed by atoms with E-state index in [-0.39, 0.29) is 10.7 Å². The van der Waals surface area contributed by atoms with Crippen molar-refractivity contribution in [2.45, 2.75) is 6.42 Å². The van der Waals surface area contributed by atoms with Crippen molar-refractivity contribution in [2.24, 2.45) is 5.73 Å². The monoisotopic (exact) mass is 273 g/mol. The van der Waals surface area contributed by atoms with E-state index in [0.717, 1.165) is 0 Å². The molecule has 5 nitrogen and oxygen atoms in total. The molecule has 0 amide bonds. The van der Waals surface area contributed by atoms with Gasteiger partial charge in [-0.1, -0.05) is 12.2 Å². The Hall–Kier alpha value is -1.21. The second-order valence-electron chi connectivity index (χ2n) is 3.67. The summed E-state index contributed by atoms with van der Waals surface area (Å²) in [4.78, 5) is 4.37. The molecule has 0 aromatic carbocycles. The molecule has 0 unspecified atom stereocenters. The lowest BCUT2D eigenvalue weighted by molar-refractivity contribution is 0.600. The van der Waals surface area contributed by atoms with Crippen LogP contribution in [0, 0.1) is 0 Å². The molecule has 0 aliphatic carbocycles. The van der Waals surface area contributed by atoms with Gasteiger partial charge in [0.2, 0.25) is 0 Å². The van der Waals surface area contributed by atoms with Crippen LogP contribution in [0.15, 0.2) is 18.3 Å². The summed E-state index contributed by atoms with van der Waals surface area (Å²) in [5.41, 5.74) is 6.21. The van der Waals surface area contributed by atoms with Gasteiger partial charge in [-0.15, -0.1) is 0 Å². The number of rotatable bonds is 6. The summed E-state index contributed by atoms with van der Waals surface area (Å²) in [6, 6.07) is 3.52. The number of nitrogens with two attached hydrogens (primary N) is 1. The van der Waals surface area contributed by atoms with E-state index in [0.29, 0.717) is 24.3 Å². The summed E-state index contributed by atoms with van der Waals surface area (Å²) in [5.74, 6) is 0.739. The quantitative estimate of drug-likeness (QED) is 0.582. The van der Waals surface area contributed by atoms with Gasteiger partial charge in [-0.2, -0.15) is 0 Å². The minimum Gasteiger partial charge on any atom is -0.389 e. The minimum atomic E-state index is -2.92. The summed E-state index contributed by atoms with van der Waals surface area (Å²) in [6.45, 7) is 0.514. The maximum absolute atomic E-state index is 10.9. The minimum absolute atomic E-state index is 0.148. The molecule has 1 rings (SSSR count). The first-order valence-corrected chi connectivity index (χ1v) is 7.53. The number of anilines is 1. The number of pyridine rings is 1. The van der Waals surface area contributed by atoms with Crippen molar-refractivity contribution in [3.05, 3.63) is 23.9 Å². The molecule has 0 radical (unpaired) electrons. The number of nitrogens with one attached hydrogen (secondary N) is 1. The highest BCUT2D eigenvalue weighted by atomic mass is 32.2. The Kier molecular flexibility index (Phi) is 4.83. The summed E-state index contributed by atoms with van der Waals surface area (Å²) in [6.07, 6.45) is 3.36. The molecule has 17 heavy (non-hydrogen) atoms. The normalized spacial score (nSPS) is 11.1. The molecule has 1 heterocycles. The number of sulfone groups is 1. The van der Waals surface area contributed by atoms with E-state index in [2.05, 4.69) is 10.3 Å². The summed E-state index contributed by atoms with van der Waals surface area (Å²) in [7, 11) is -2.92. The predicted molar refractivity (Wildman–Crippen MR) is 72.9 cm³/mol. The summed E-state index contributed by atoms with van der Waals surface area (Å²) in [5, 5.41) is 3.02. The first-order valence-electron chi connectivity index (χ1n) is 5.06. The van der Waals surface area contributed by atoms with Crippen LogP contribution in [0.25, 0.3) is 0 Å². The predicted octanol–water partition coefficient (Wildman–Crippen LogP) is 0.562. The number of aromatic nitrogens is 1. The van der Waals surface area contributed by atoms with Gasteiger partial charge in [-0.25, -0.2) is 13.4 Å². The van der Waals surface area contributed by atoms with Crippen LogP contribution >= 0.6 is 12.2 Å². The van der Waals surface area contributed by atoms with E-state index in [1.165, 1.54) is 6.26 Å². The van der Waals surface area contributed by atoms with Crippen LogP contribution in [-0.4, -0.2) is 36.9 Å². The van der Waals surface area contributed by atoms with E-state index in [1.807, 2.05) is 0 Å². The largest absolute Gasteiger partial charge is 0.389 e. The Morgan fingerprint density at radius 1 is 1.59 bits per heavy atom. The second-order valence-corrected chi connectivity index (χ2v) is 6.37. The van der Waals surface area contributed by atoms with Gasteiger partial charge in [0.1, 0.15) is 20.6 Å². The Bertz CT molecular complexity index is 500. The topological polar surface area (TPSA) is 85.1 Å². The summed E-state index contributed by atoms with van der Waals surface area (Å²) < 4.78 is 21.9. The second kappa shape index (κ2) is 5.92. The van der Waals surface area contributed by atoms with E-state index < -0.39 is 9.84 Å². The Labute approximate surface area is 106 Å². The lowest BCUT2D eigenvalue weighted by Crippen LogP contribution is -2.16. The highest BCUT2D eigenvalue weighted by Gasteiger charge is 2.06. The van der Waals surface area contributed by atoms with Crippen LogP contribution in [-0.2, 0) is 9.84 Å². The molecule has 0 aliphatic heterocycles. The summed E-state index contributed by atoms with van der Waals surface area (Å²) >= 11 is 4.89. The van der Waals surface area contributed by atoms with Gasteiger partial charge in [-0.3, -0.25) is 0 Å². The first kappa shape index (κ1) is 13.9. The average molecular weight is 273 g/mol. The zero-order valence-corrected chi connectivity index (χ0v) is 11.1. The number of nitrogens with zero attached hydrogens (tertiary/aromatic N) is 1. The van der Waals surface area contributed by atoms with Gasteiger partial charge in [0, 0.05) is 19.0 Å². The first-order chi connectivity index (χ1) is 7.90. The Morgan fingerprint density at radius 2 is 2.29 bits per heavy atom. The highest BCUT2D eigenvalue weighted by Crippen LogP contribution is 2.10. The third kappa shape index (κ3) is 5.10. The zero-order chi connectivity index (χ0) is 12.9. The van der Waals surface area contributed by atoms with Crippen LogP contribution in [0.5, 0.6) is 0 Å². The molecule has 0 spiro atoms. The van der Waals surface area contributed by atoms with Gasteiger partial charge in [-0.05, 0) is 18.6 Å². The van der Waals surface area contributed by atoms with Crippen LogP contribution in [0.2, 0.25) is 0 Å². The van der Waals surface area contributed by atoms with Crippen LogP contribution in [0.3, 0.4) is 0 Å². The molecule has 0 fully saturated rings. The van der Waals surface area contributed by atoms with Crippen LogP contribution in [0.4, 0.5) is 5.82 Å². The SMILES string of the molecule is CS(=O)(=O)CCCNc1ncccc1C(N)=S. The Morgan fingerprint density at radius 3 is 2.88 bits per heavy atom. The maximum Gasteiger partial charge on any atom is 0.147 e. The molecule has 0 saturated carbocycles. The number of hydrogen-bond acceptors (Lipinski definition) is 5. The van der Waals surface area contributed by atoms with Gasteiger partial charge in [0.05, 0.1) is 11.3 Å². The molecular formula is C10H15N3O2S2. The fraction of sp³-hybridized carbons (Fsp3) is 0.400. The molecule has 7 heteroatoms. The van der Waals surface area contributed by atoms with Crippen molar-refractivity contribution in [2.75, 3.05) is 23.9 Å². The van der Waals surface area contributed by atoms with Crippen LogP contribution < -0.4 is 11.1 Å². The molecule has 3 N–H and O–H groups in total. The molecule has 0 atom stereocenters. The molecule has 0 saturated heterocycles. The fourth-order valence-electron chi connectivity index (χ4n) is 1.29. The van der Waals surface area contributed by atoms with E-state index in [9.17, 15) is 8.42 Å².